The molecule has 1 aliphatic heterocycles. The molecule has 0 radical (unpaired) electrons. The summed E-state index contributed by atoms with van der Waals surface area (Å²) in [7, 11) is 4.62. The summed E-state index contributed by atoms with van der Waals surface area (Å²) in [6.07, 6.45) is 8.57. The lowest BCUT2D eigenvalue weighted by atomic mass is 10.0. The van der Waals surface area contributed by atoms with Gasteiger partial charge in [0.25, 0.3) is 0 Å². The molecule has 33 heavy (non-hydrogen) atoms. The fraction of sp³-hybridized carbons (Fsp3) is 0.346. The predicted molar refractivity (Wildman–Crippen MR) is 139 cm³/mol. The van der Waals surface area contributed by atoms with E-state index in [2.05, 4.69) is 75.7 Å². The molecule has 174 valence electrons. The zero-order chi connectivity index (χ0) is 23.3. The van der Waals surface area contributed by atoms with E-state index >= 15 is 0 Å². The SMILES string of the molecule is C[N+](C)(Cc1cc(/C=C/c2ccc(Cl)cc2Br)cc(OCCc2cnc[nH]2)c1)CC1CNC1. The summed E-state index contributed by atoms with van der Waals surface area (Å²) in [6.45, 7) is 4.98. The Morgan fingerprint density at radius 1 is 1.18 bits per heavy atom. The van der Waals surface area contributed by atoms with Crippen LogP contribution in [0.4, 0.5) is 0 Å². The number of imidazole rings is 1. The van der Waals surface area contributed by atoms with Gasteiger partial charge in [-0.1, -0.05) is 45.7 Å². The zero-order valence-corrected chi connectivity index (χ0v) is 21.5. The first-order valence-electron chi connectivity index (χ1n) is 11.3. The Bertz CT molecular complexity index is 1090. The van der Waals surface area contributed by atoms with Gasteiger partial charge in [0.2, 0.25) is 0 Å². The highest BCUT2D eigenvalue weighted by molar-refractivity contribution is 9.10. The molecule has 2 aromatic carbocycles. The summed E-state index contributed by atoms with van der Waals surface area (Å²) >= 11 is 9.69. The quantitative estimate of drug-likeness (QED) is 0.272. The molecule has 0 bridgehead atoms. The minimum absolute atomic E-state index is 0.601. The number of ether oxygens (including phenoxy) is 1. The second-order valence-electron chi connectivity index (χ2n) is 9.39. The van der Waals surface area contributed by atoms with E-state index in [1.165, 1.54) is 12.1 Å². The largest absolute Gasteiger partial charge is 0.493 e. The van der Waals surface area contributed by atoms with Crippen LogP contribution in [-0.2, 0) is 13.0 Å². The van der Waals surface area contributed by atoms with Gasteiger partial charge in [-0.3, -0.25) is 0 Å². The Hall–Kier alpha value is -2.12. The normalized spacial score (nSPS) is 14.5. The summed E-state index contributed by atoms with van der Waals surface area (Å²) in [5.41, 5.74) is 4.56. The van der Waals surface area contributed by atoms with Gasteiger partial charge in [0.15, 0.2) is 0 Å². The molecule has 0 spiro atoms. The van der Waals surface area contributed by atoms with Crippen molar-refractivity contribution < 1.29 is 9.22 Å². The highest BCUT2D eigenvalue weighted by atomic mass is 79.9. The number of quaternary nitrogens is 1. The van der Waals surface area contributed by atoms with Crippen LogP contribution in [0.5, 0.6) is 5.75 Å². The predicted octanol–water partition coefficient (Wildman–Crippen LogP) is 5.41. The molecule has 0 saturated carbocycles. The number of halogens is 2. The number of rotatable bonds is 10. The Morgan fingerprint density at radius 2 is 2.03 bits per heavy atom. The van der Waals surface area contributed by atoms with Crippen molar-refractivity contribution in [2.24, 2.45) is 5.92 Å². The summed E-state index contributed by atoms with van der Waals surface area (Å²) in [6, 6.07) is 12.4. The molecular formula is C26H31BrClN4O+. The van der Waals surface area contributed by atoms with E-state index in [1.807, 2.05) is 24.4 Å². The number of H-pyrrole nitrogens is 1. The molecule has 2 N–H and O–H groups in total. The molecule has 0 unspecified atom stereocenters. The first-order valence-corrected chi connectivity index (χ1v) is 12.4. The second kappa shape index (κ2) is 10.9. The molecule has 1 aromatic heterocycles. The highest BCUT2D eigenvalue weighted by Crippen LogP contribution is 2.26. The van der Waals surface area contributed by atoms with E-state index < -0.39 is 0 Å². The number of aromatic nitrogens is 2. The Labute approximate surface area is 209 Å². The van der Waals surface area contributed by atoms with Crippen molar-refractivity contribution in [1.82, 2.24) is 15.3 Å². The minimum Gasteiger partial charge on any atom is -0.493 e. The van der Waals surface area contributed by atoms with Crippen molar-refractivity contribution >= 4 is 39.7 Å². The van der Waals surface area contributed by atoms with Crippen LogP contribution >= 0.6 is 27.5 Å². The van der Waals surface area contributed by atoms with E-state index in [0.29, 0.717) is 6.61 Å². The van der Waals surface area contributed by atoms with E-state index in [1.54, 1.807) is 6.33 Å². The van der Waals surface area contributed by atoms with Crippen molar-refractivity contribution in [1.29, 1.82) is 0 Å². The van der Waals surface area contributed by atoms with Crippen LogP contribution < -0.4 is 10.1 Å². The van der Waals surface area contributed by atoms with Gasteiger partial charge in [0, 0.05) is 52.4 Å². The molecule has 2 heterocycles. The lowest BCUT2D eigenvalue weighted by Gasteiger charge is -2.37. The number of hydrogen-bond acceptors (Lipinski definition) is 3. The maximum Gasteiger partial charge on any atom is 0.120 e. The number of aromatic amines is 1. The molecule has 0 amide bonds. The molecule has 5 nitrogen and oxygen atoms in total. The number of hydrogen-bond donors (Lipinski definition) is 2. The topological polar surface area (TPSA) is 49.9 Å². The molecule has 3 aromatic rings. The molecule has 1 saturated heterocycles. The number of nitrogens with one attached hydrogen (secondary N) is 2. The van der Waals surface area contributed by atoms with Gasteiger partial charge in [0.05, 0.1) is 33.6 Å². The van der Waals surface area contributed by atoms with Crippen LogP contribution in [0.25, 0.3) is 12.2 Å². The van der Waals surface area contributed by atoms with Gasteiger partial charge < -0.3 is 19.5 Å². The third-order valence-corrected chi connectivity index (χ3v) is 6.75. The maximum absolute atomic E-state index is 6.15. The van der Waals surface area contributed by atoms with Crippen molar-refractivity contribution in [3.05, 3.63) is 80.8 Å². The number of benzene rings is 2. The lowest BCUT2D eigenvalue weighted by molar-refractivity contribution is -0.907. The van der Waals surface area contributed by atoms with E-state index in [9.17, 15) is 0 Å². The van der Waals surface area contributed by atoms with Gasteiger partial charge in [-0.15, -0.1) is 0 Å². The summed E-state index contributed by atoms with van der Waals surface area (Å²) in [4.78, 5) is 7.21. The van der Waals surface area contributed by atoms with E-state index in [4.69, 9.17) is 16.3 Å². The van der Waals surface area contributed by atoms with Crippen molar-refractivity contribution in [3.63, 3.8) is 0 Å². The monoisotopic (exact) mass is 529 g/mol. The lowest BCUT2D eigenvalue weighted by Crippen LogP contribution is -2.53. The molecule has 1 fully saturated rings. The highest BCUT2D eigenvalue weighted by Gasteiger charge is 2.27. The van der Waals surface area contributed by atoms with Gasteiger partial charge in [-0.05, 0) is 41.5 Å². The summed E-state index contributed by atoms with van der Waals surface area (Å²) < 4.78 is 8.09. The van der Waals surface area contributed by atoms with Crippen LogP contribution in [0.3, 0.4) is 0 Å². The molecule has 7 heteroatoms. The third-order valence-electron chi connectivity index (χ3n) is 5.83. The number of nitrogens with zero attached hydrogens (tertiary/aromatic N) is 2. The second-order valence-corrected chi connectivity index (χ2v) is 10.7. The zero-order valence-electron chi connectivity index (χ0n) is 19.2. The average molecular weight is 531 g/mol. The van der Waals surface area contributed by atoms with Crippen LogP contribution in [0.15, 0.2) is 53.4 Å². The minimum atomic E-state index is 0.601. The summed E-state index contributed by atoms with van der Waals surface area (Å²) in [5.74, 6) is 1.66. The molecular weight excluding hydrogens is 500 g/mol. The molecule has 0 atom stereocenters. The van der Waals surface area contributed by atoms with Crippen molar-refractivity contribution in [2.75, 3.05) is 40.3 Å². The molecule has 4 rings (SSSR count). The Morgan fingerprint density at radius 3 is 2.73 bits per heavy atom. The van der Waals surface area contributed by atoms with Crippen LogP contribution in [0, 0.1) is 5.92 Å². The van der Waals surface area contributed by atoms with Gasteiger partial charge >= 0.3 is 0 Å². The van der Waals surface area contributed by atoms with E-state index in [-0.39, 0.29) is 0 Å². The fourth-order valence-corrected chi connectivity index (χ4v) is 5.03. The molecule has 1 aliphatic rings. The summed E-state index contributed by atoms with van der Waals surface area (Å²) in [5, 5.41) is 4.10. The Kier molecular flexibility index (Phi) is 7.91. The first-order chi connectivity index (χ1) is 15.9. The molecule has 0 aliphatic carbocycles. The fourth-order valence-electron chi connectivity index (χ4n) is 4.22. The van der Waals surface area contributed by atoms with Gasteiger partial charge in [0.1, 0.15) is 12.3 Å². The smallest absolute Gasteiger partial charge is 0.120 e. The van der Waals surface area contributed by atoms with Crippen LogP contribution in [-0.4, -0.2) is 54.8 Å². The standard InChI is InChI=1S/C26H31BrClN4O/c1-32(2,17-21-13-29-14-21)16-20-9-19(3-4-22-5-6-23(28)12-26(22)27)10-25(11-20)33-8-7-24-15-30-18-31-24/h3-6,9-12,15,18,21,29H,7-8,13-14,16-17H2,1-2H3,(H,30,31)/q+1/b4-3+. The Balaban J connectivity index is 1.52. The van der Waals surface area contributed by atoms with Crippen molar-refractivity contribution in [3.8, 4) is 5.75 Å². The third kappa shape index (κ3) is 7.18. The van der Waals surface area contributed by atoms with E-state index in [0.717, 1.165) is 68.5 Å². The van der Waals surface area contributed by atoms with Crippen molar-refractivity contribution in [2.45, 2.75) is 13.0 Å². The van der Waals surface area contributed by atoms with Crippen LogP contribution in [0.2, 0.25) is 5.02 Å². The first kappa shape index (κ1) is 24.0. The maximum atomic E-state index is 6.15. The average Bonchev–Trinajstić information content (AvgIpc) is 3.23. The van der Waals surface area contributed by atoms with Gasteiger partial charge in [-0.25, -0.2) is 4.98 Å². The van der Waals surface area contributed by atoms with Crippen LogP contribution in [0.1, 0.15) is 22.4 Å². The van der Waals surface area contributed by atoms with Gasteiger partial charge in [-0.2, -0.15) is 0 Å².